The molecule has 1 aromatic carbocycles. The number of aromatic nitrogens is 2. The lowest BCUT2D eigenvalue weighted by molar-refractivity contribution is 0.0958. The summed E-state index contributed by atoms with van der Waals surface area (Å²) in [4.78, 5) is 24.3. The maximum absolute atomic E-state index is 12.4. The van der Waals surface area contributed by atoms with E-state index in [4.69, 9.17) is 13.9 Å². The number of furan rings is 1. The van der Waals surface area contributed by atoms with Gasteiger partial charge in [-0.3, -0.25) is 14.3 Å². The summed E-state index contributed by atoms with van der Waals surface area (Å²) in [5, 5.41) is 9.15. The Morgan fingerprint density at radius 2 is 1.82 bits per heavy atom. The smallest absolute Gasteiger partial charge is 0.291 e. The summed E-state index contributed by atoms with van der Waals surface area (Å²) < 4.78 is 17.7. The van der Waals surface area contributed by atoms with Crippen molar-refractivity contribution >= 4 is 17.5 Å². The van der Waals surface area contributed by atoms with Gasteiger partial charge in [-0.15, -0.1) is 0 Å². The summed E-state index contributed by atoms with van der Waals surface area (Å²) in [5.74, 6) is 1.07. The van der Waals surface area contributed by atoms with Gasteiger partial charge in [0.15, 0.2) is 11.5 Å². The number of aryl methyl sites for hydroxylation is 1. The van der Waals surface area contributed by atoms with Crippen LogP contribution in [-0.4, -0.2) is 35.8 Å². The number of ether oxygens (including phenoxy) is 2. The average Bonchev–Trinajstić information content (AvgIpc) is 3.32. The second-order valence-electron chi connectivity index (χ2n) is 5.83. The van der Waals surface area contributed by atoms with Crippen LogP contribution >= 0.6 is 0 Å². The van der Waals surface area contributed by atoms with Crippen LogP contribution in [0.25, 0.3) is 0 Å². The second kappa shape index (κ2) is 8.30. The van der Waals surface area contributed by atoms with Crippen LogP contribution in [0.4, 0.5) is 5.69 Å². The standard InChI is InChI=1S/C19H20N4O5/c1-20-19(25)17-15(10-23(2)22-17)21-18(24)16-9-8-14(28-16)11-27-13-6-4-12(26-3)5-7-13/h4-10H,11H2,1-3H3,(H,20,25)(H,21,24). The van der Waals surface area contributed by atoms with Crippen molar-refractivity contribution in [3.63, 3.8) is 0 Å². The molecule has 146 valence electrons. The summed E-state index contributed by atoms with van der Waals surface area (Å²) in [6, 6.07) is 10.3. The van der Waals surface area contributed by atoms with E-state index >= 15 is 0 Å². The van der Waals surface area contributed by atoms with Crippen LogP contribution in [0.2, 0.25) is 0 Å². The van der Waals surface area contributed by atoms with Crippen molar-refractivity contribution in [2.45, 2.75) is 6.61 Å². The first-order valence-electron chi connectivity index (χ1n) is 8.42. The molecule has 2 aromatic heterocycles. The van der Waals surface area contributed by atoms with Gasteiger partial charge in [0.2, 0.25) is 0 Å². The average molecular weight is 384 g/mol. The lowest BCUT2D eigenvalue weighted by atomic mass is 10.3. The van der Waals surface area contributed by atoms with Gasteiger partial charge in [0.1, 0.15) is 23.9 Å². The van der Waals surface area contributed by atoms with Gasteiger partial charge in [-0.2, -0.15) is 5.10 Å². The molecule has 0 saturated carbocycles. The molecular weight excluding hydrogens is 364 g/mol. The van der Waals surface area contributed by atoms with E-state index in [1.165, 1.54) is 17.8 Å². The van der Waals surface area contributed by atoms with Gasteiger partial charge in [-0.05, 0) is 36.4 Å². The highest BCUT2D eigenvalue weighted by atomic mass is 16.5. The molecule has 0 aliphatic heterocycles. The molecule has 2 N–H and O–H groups in total. The number of amides is 2. The topological polar surface area (TPSA) is 108 Å². The Kier molecular flexibility index (Phi) is 5.64. The van der Waals surface area contributed by atoms with Crippen molar-refractivity contribution in [2.75, 3.05) is 19.5 Å². The molecule has 0 radical (unpaired) electrons. The predicted octanol–water partition coefficient (Wildman–Crippen LogP) is 2.21. The third-order valence-corrected chi connectivity index (χ3v) is 3.85. The maximum Gasteiger partial charge on any atom is 0.291 e. The zero-order chi connectivity index (χ0) is 20.1. The van der Waals surface area contributed by atoms with Gasteiger partial charge in [0.25, 0.3) is 11.8 Å². The van der Waals surface area contributed by atoms with E-state index < -0.39 is 11.8 Å². The van der Waals surface area contributed by atoms with Crippen molar-refractivity contribution in [1.29, 1.82) is 0 Å². The Morgan fingerprint density at radius 3 is 2.50 bits per heavy atom. The fraction of sp³-hybridized carbons (Fsp3) is 0.211. The summed E-state index contributed by atoms with van der Waals surface area (Å²) in [6.45, 7) is 0.163. The third-order valence-electron chi connectivity index (χ3n) is 3.85. The van der Waals surface area contributed by atoms with Crippen LogP contribution in [0.15, 0.2) is 47.0 Å². The molecule has 0 aliphatic rings. The highest BCUT2D eigenvalue weighted by Crippen LogP contribution is 2.20. The Bertz CT molecular complexity index is 975. The number of rotatable bonds is 7. The van der Waals surface area contributed by atoms with E-state index in [-0.39, 0.29) is 18.1 Å². The number of benzene rings is 1. The van der Waals surface area contributed by atoms with Crippen molar-refractivity contribution in [3.8, 4) is 11.5 Å². The first-order chi connectivity index (χ1) is 13.5. The van der Waals surface area contributed by atoms with Gasteiger partial charge in [-0.1, -0.05) is 0 Å². The Labute approximate surface area is 161 Å². The Balaban J connectivity index is 1.63. The molecule has 9 nitrogen and oxygen atoms in total. The van der Waals surface area contributed by atoms with E-state index in [2.05, 4.69) is 15.7 Å². The molecule has 2 amide bonds. The van der Waals surface area contributed by atoms with Crippen LogP contribution in [0.1, 0.15) is 26.8 Å². The van der Waals surface area contributed by atoms with Gasteiger partial charge in [0.05, 0.1) is 12.8 Å². The zero-order valence-electron chi connectivity index (χ0n) is 15.7. The van der Waals surface area contributed by atoms with Gasteiger partial charge < -0.3 is 24.5 Å². The highest BCUT2D eigenvalue weighted by molar-refractivity contribution is 6.06. The normalized spacial score (nSPS) is 10.4. The quantitative estimate of drug-likeness (QED) is 0.647. The molecule has 3 rings (SSSR count). The van der Waals surface area contributed by atoms with E-state index in [0.29, 0.717) is 17.2 Å². The van der Waals surface area contributed by atoms with Crippen LogP contribution in [0.3, 0.4) is 0 Å². The molecule has 9 heteroatoms. The minimum Gasteiger partial charge on any atom is -0.497 e. The number of methoxy groups -OCH3 is 1. The van der Waals surface area contributed by atoms with Crippen LogP contribution < -0.4 is 20.1 Å². The van der Waals surface area contributed by atoms with Crippen molar-refractivity contribution in [3.05, 3.63) is 59.8 Å². The minimum absolute atomic E-state index is 0.0973. The number of carbonyl (C=O) groups is 2. The predicted molar refractivity (Wildman–Crippen MR) is 101 cm³/mol. The number of nitrogens with zero attached hydrogens (tertiary/aromatic N) is 2. The minimum atomic E-state index is -0.492. The van der Waals surface area contributed by atoms with E-state index in [1.807, 2.05) is 0 Å². The van der Waals surface area contributed by atoms with Crippen LogP contribution in [0, 0.1) is 0 Å². The van der Waals surface area contributed by atoms with Crippen molar-refractivity contribution < 1.29 is 23.5 Å². The first-order valence-corrected chi connectivity index (χ1v) is 8.42. The van der Waals surface area contributed by atoms with Crippen LogP contribution in [0.5, 0.6) is 11.5 Å². The number of anilines is 1. The summed E-state index contributed by atoms with van der Waals surface area (Å²) in [5.41, 5.74) is 0.409. The largest absolute Gasteiger partial charge is 0.497 e. The van der Waals surface area contributed by atoms with E-state index in [1.54, 1.807) is 50.7 Å². The zero-order valence-corrected chi connectivity index (χ0v) is 15.7. The number of hydrogen-bond acceptors (Lipinski definition) is 6. The fourth-order valence-electron chi connectivity index (χ4n) is 2.45. The Morgan fingerprint density at radius 1 is 1.11 bits per heavy atom. The molecule has 3 aromatic rings. The summed E-state index contributed by atoms with van der Waals surface area (Å²) >= 11 is 0. The molecule has 0 bridgehead atoms. The second-order valence-corrected chi connectivity index (χ2v) is 5.83. The Hall–Kier alpha value is -3.75. The molecule has 0 unspecified atom stereocenters. The van der Waals surface area contributed by atoms with E-state index in [0.717, 1.165) is 5.75 Å². The molecule has 28 heavy (non-hydrogen) atoms. The summed E-state index contributed by atoms with van der Waals surface area (Å²) in [6.07, 6.45) is 1.54. The lowest BCUT2D eigenvalue weighted by Gasteiger charge is -2.05. The number of carbonyl (C=O) groups excluding carboxylic acids is 2. The SMILES string of the molecule is CNC(=O)c1nn(C)cc1NC(=O)c1ccc(COc2ccc(OC)cc2)o1. The van der Waals surface area contributed by atoms with Crippen molar-refractivity contribution in [2.24, 2.45) is 7.05 Å². The highest BCUT2D eigenvalue weighted by Gasteiger charge is 2.19. The monoisotopic (exact) mass is 384 g/mol. The summed E-state index contributed by atoms with van der Waals surface area (Å²) in [7, 11) is 4.74. The van der Waals surface area contributed by atoms with E-state index in [9.17, 15) is 9.59 Å². The van der Waals surface area contributed by atoms with Gasteiger partial charge >= 0.3 is 0 Å². The molecule has 0 aliphatic carbocycles. The number of nitrogens with one attached hydrogen (secondary N) is 2. The first kappa shape index (κ1) is 19.0. The molecule has 2 heterocycles. The maximum atomic E-state index is 12.4. The molecule has 0 atom stereocenters. The van der Waals surface area contributed by atoms with Crippen molar-refractivity contribution in [1.82, 2.24) is 15.1 Å². The number of hydrogen-bond donors (Lipinski definition) is 2. The fourth-order valence-corrected chi connectivity index (χ4v) is 2.45. The molecule has 0 fully saturated rings. The molecule has 0 saturated heterocycles. The van der Waals surface area contributed by atoms with Crippen LogP contribution in [-0.2, 0) is 13.7 Å². The lowest BCUT2D eigenvalue weighted by Crippen LogP contribution is -2.21. The van der Waals surface area contributed by atoms with Gasteiger partial charge in [-0.25, -0.2) is 0 Å². The van der Waals surface area contributed by atoms with Gasteiger partial charge in [0, 0.05) is 20.3 Å². The molecule has 0 spiro atoms. The third kappa shape index (κ3) is 4.32. The molecular formula is C19H20N4O5.